The molecule has 0 atom stereocenters. The lowest BCUT2D eigenvalue weighted by molar-refractivity contribution is 0.0994. The van der Waals surface area contributed by atoms with E-state index in [1.807, 2.05) is 26.1 Å². The fraction of sp³-hybridized carbons (Fsp3) is 0.250. The van der Waals surface area contributed by atoms with Crippen LogP contribution in [-0.2, 0) is 13.5 Å². The van der Waals surface area contributed by atoms with Crippen molar-refractivity contribution >= 4 is 5.91 Å². The average Bonchev–Trinajstić information content (AvgIpc) is 2.58. The van der Waals surface area contributed by atoms with Crippen LogP contribution in [0.2, 0.25) is 0 Å². The summed E-state index contributed by atoms with van der Waals surface area (Å²) in [4.78, 5) is 15.2. The van der Waals surface area contributed by atoms with E-state index in [2.05, 4.69) is 10.1 Å². The number of hydrogen-bond acceptors (Lipinski definition) is 3. The van der Waals surface area contributed by atoms with Crippen molar-refractivity contribution in [2.75, 3.05) is 0 Å². The minimum Gasteiger partial charge on any atom is -0.364 e. The van der Waals surface area contributed by atoms with Gasteiger partial charge in [0.05, 0.1) is 5.69 Å². The zero-order valence-electron chi connectivity index (χ0n) is 9.84. The number of nitrogens with zero attached hydrogens (tertiary/aromatic N) is 3. The summed E-state index contributed by atoms with van der Waals surface area (Å²) >= 11 is 0. The van der Waals surface area contributed by atoms with Crippen LogP contribution in [0.15, 0.2) is 24.4 Å². The van der Waals surface area contributed by atoms with E-state index in [0.717, 1.165) is 17.0 Å². The summed E-state index contributed by atoms with van der Waals surface area (Å²) in [6, 6.07) is 5.64. The number of pyridine rings is 1. The Morgan fingerprint density at radius 3 is 2.88 bits per heavy atom. The molecule has 0 aliphatic carbocycles. The van der Waals surface area contributed by atoms with E-state index in [1.54, 1.807) is 16.9 Å². The van der Waals surface area contributed by atoms with Gasteiger partial charge in [-0.3, -0.25) is 14.5 Å². The molecule has 2 rings (SSSR count). The number of aryl methyl sites for hydroxylation is 2. The van der Waals surface area contributed by atoms with Crippen LogP contribution in [-0.4, -0.2) is 20.7 Å². The predicted octanol–water partition coefficient (Wildman–Crippen LogP) is 0.813. The topological polar surface area (TPSA) is 73.8 Å². The van der Waals surface area contributed by atoms with E-state index in [4.69, 9.17) is 5.73 Å². The van der Waals surface area contributed by atoms with Gasteiger partial charge in [-0.2, -0.15) is 5.10 Å². The third kappa shape index (κ3) is 2.33. The van der Waals surface area contributed by atoms with Gasteiger partial charge in [0.2, 0.25) is 0 Å². The molecule has 5 heteroatoms. The zero-order valence-corrected chi connectivity index (χ0v) is 9.84. The van der Waals surface area contributed by atoms with Crippen LogP contribution >= 0.6 is 0 Å². The van der Waals surface area contributed by atoms with Gasteiger partial charge >= 0.3 is 0 Å². The smallest absolute Gasteiger partial charge is 0.267 e. The van der Waals surface area contributed by atoms with E-state index >= 15 is 0 Å². The highest BCUT2D eigenvalue weighted by Crippen LogP contribution is 2.12. The number of primary amides is 1. The highest BCUT2D eigenvalue weighted by atomic mass is 16.1. The van der Waals surface area contributed by atoms with Crippen LogP contribution in [0.5, 0.6) is 0 Å². The van der Waals surface area contributed by atoms with Crippen LogP contribution < -0.4 is 5.73 Å². The standard InChI is InChI=1S/C12H14N4O/c1-8-6-10(16(2)15-8)7-9-4-3-5-14-11(9)12(13)17/h3-6H,7H2,1-2H3,(H2,13,17). The summed E-state index contributed by atoms with van der Waals surface area (Å²) in [6.45, 7) is 1.93. The van der Waals surface area contributed by atoms with Gasteiger partial charge in [-0.05, 0) is 24.6 Å². The largest absolute Gasteiger partial charge is 0.364 e. The van der Waals surface area contributed by atoms with Crippen molar-refractivity contribution in [2.24, 2.45) is 12.8 Å². The SMILES string of the molecule is Cc1cc(Cc2cccnc2C(N)=O)n(C)n1. The number of carbonyl (C=O) groups excluding carboxylic acids is 1. The molecule has 2 aromatic rings. The minimum atomic E-state index is -0.500. The molecule has 0 bridgehead atoms. The van der Waals surface area contributed by atoms with Crippen LogP contribution in [0.4, 0.5) is 0 Å². The van der Waals surface area contributed by atoms with Gasteiger partial charge in [-0.25, -0.2) is 0 Å². The molecule has 1 amide bonds. The molecule has 17 heavy (non-hydrogen) atoms. The fourth-order valence-electron chi connectivity index (χ4n) is 1.83. The van der Waals surface area contributed by atoms with E-state index in [0.29, 0.717) is 12.1 Å². The van der Waals surface area contributed by atoms with Crippen molar-refractivity contribution in [3.8, 4) is 0 Å². The van der Waals surface area contributed by atoms with Crippen molar-refractivity contribution in [3.05, 3.63) is 47.0 Å². The second kappa shape index (κ2) is 4.37. The molecule has 88 valence electrons. The second-order valence-corrected chi connectivity index (χ2v) is 3.95. The summed E-state index contributed by atoms with van der Waals surface area (Å²) < 4.78 is 1.80. The van der Waals surface area contributed by atoms with Crippen molar-refractivity contribution in [2.45, 2.75) is 13.3 Å². The first kappa shape index (κ1) is 11.3. The molecule has 2 heterocycles. The maximum Gasteiger partial charge on any atom is 0.267 e. The maximum atomic E-state index is 11.2. The Labute approximate surface area is 99.3 Å². The molecule has 0 aliphatic rings. The van der Waals surface area contributed by atoms with Crippen molar-refractivity contribution in [1.82, 2.24) is 14.8 Å². The number of hydrogen-bond donors (Lipinski definition) is 1. The van der Waals surface area contributed by atoms with E-state index in [-0.39, 0.29) is 0 Å². The number of aromatic nitrogens is 3. The molecule has 5 nitrogen and oxygen atoms in total. The van der Waals surface area contributed by atoms with E-state index in [9.17, 15) is 4.79 Å². The van der Waals surface area contributed by atoms with Gasteiger partial charge in [0, 0.05) is 25.4 Å². The second-order valence-electron chi connectivity index (χ2n) is 3.95. The van der Waals surface area contributed by atoms with Crippen molar-refractivity contribution in [1.29, 1.82) is 0 Å². The molecule has 0 radical (unpaired) electrons. The van der Waals surface area contributed by atoms with E-state index < -0.39 is 5.91 Å². The predicted molar refractivity (Wildman–Crippen MR) is 63.5 cm³/mol. The minimum absolute atomic E-state index is 0.325. The first-order chi connectivity index (χ1) is 8.08. The quantitative estimate of drug-likeness (QED) is 0.848. The van der Waals surface area contributed by atoms with Gasteiger partial charge in [0.25, 0.3) is 5.91 Å². The summed E-state index contributed by atoms with van der Waals surface area (Å²) in [6.07, 6.45) is 2.17. The average molecular weight is 230 g/mol. The monoisotopic (exact) mass is 230 g/mol. The van der Waals surface area contributed by atoms with Crippen LogP contribution in [0, 0.1) is 6.92 Å². The van der Waals surface area contributed by atoms with Gasteiger partial charge < -0.3 is 5.73 Å². The highest BCUT2D eigenvalue weighted by molar-refractivity contribution is 5.92. The third-order valence-corrected chi connectivity index (χ3v) is 2.60. The molecule has 2 N–H and O–H groups in total. The Kier molecular flexibility index (Phi) is 2.91. The number of nitrogens with two attached hydrogens (primary N) is 1. The fourth-order valence-corrected chi connectivity index (χ4v) is 1.83. The molecule has 0 unspecified atom stereocenters. The van der Waals surface area contributed by atoms with Gasteiger partial charge in [-0.1, -0.05) is 6.07 Å². The lowest BCUT2D eigenvalue weighted by atomic mass is 10.1. The maximum absolute atomic E-state index is 11.2. The molecule has 0 aliphatic heterocycles. The normalized spacial score (nSPS) is 10.5. The summed E-state index contributed by atoms with van der Waals surface area (Å²) in [5, 5.41) is 4.26. The molecule has 0 saturated carbocycles. The van der Waals surface area contributed by atoms with Gasteiger partial charge in [-0.15, -0.1) is 0 Å². The van der Waals surface area contributed by atoms with Crippen molar-refractivity contribution < 1.29 is 4.79 Å². The molecule has 0 saturated heterocycles. The first-order valence-electron chi connectivity index (χ1n) is 5.31. The summed E-state index contributed by atoms with van der Waals surface area (Å²) in [7, 11) is 1.88. The van der Waals surface area contributed by atoms with Gasteiger partial charge in [0.1, 0.15) is 5.69 Å². The Balaban J connectivity index is 2.36. The Morgan fingerprint density at radius 2 is 2.29 bits per heavy atom. The summed E-state index contributed by atoms with van der Waals surface area (Å²) in [5.74, 6) is -0.500. The Bertz CT molecular complexity index is 559. The van der Waals surface area contributed by atoms with Crippen molar-refractivity contribution in [3.63, 3.8) is 0 Å². The molecular formula is C12H14N4O. The number of rotatable bonds is 3. The number of amides is 1. The molecule has 0 aromatic carbocycles. The first-order valence-corrected chi connectivity index (χ1v) is 5.31. The summed E-state index contributed by atoms with van der Waals surface area (Å²) in [5.41, 5.74) is 8.41. The Morgan fingerprint density at radius 1 is 1.53 bits per heavy atom. The van der Waals surface area contributed by atoms with Gasteiger partial charge in [0.15, 0.2) is 0 Å². The zero-order chi connectivity index (χ0) is 12.4. The Hall–Kier alpha value is -2.17. The highest BCUT2D eigenvalue weighted by Gasteiger charge is 2.11. The van der Waals surface area contributed by atoms with E-state index in [1.165, 1.54) is 0 Å². The number of carbonyl (C=O) groups is 1. The lowest BCUT2D eigenvalue weighted by Gasteiger charge is -2.05. The molecule has 0 spiro atoms. The molecule has 0 fully saturated rings. The van der Waals surface area contributed by atoms with Crippen LogP contribution in [0.25, 0.3) is 0 Å². The van der Waals surface area contributed by atoms with Crippen LogP contribution in [0.3, 0.4) is 0 Å². The lowest BCUT2D eigenvalue weighted by Crippen LogP contribution is -2.16. The third-order valence-electron chi connectivity index (χ3n) is 2.60. The van der Waals surface area contributed by atoms with Crippen LogP contribution in [0.1, 0.15) is 27.4 Å². The molecular weight excluding hydrogens is 216 g/mol. The molecule has 2 aromatic heterocycles.